The lowest BCUT2D eigenvalue weighted by molar-refractivity contribution is 0.626. The molecule has 0 saturated carbocycles. The Kier molecular flexibility index (Phi) is 5.65. The van der Waals surface area contributed by atoms with Gasteiger partial charge in [-0.1, -0.05) is 35.9 Å². The van der Waals surface area contributed by atoms with Crippen LogP contribution in [-0.4, -0.2) is 30.9 Å². The van der Waals surface area contributed by atoms with E-state index in [1.807, 2.05) is 51.1 Å². The molecule has 0 bridgehead atoms. The fourth-order valence-electron chi connectivity index (χ4n) is 2.90. The highest BCUT2D eigenvalue weighted by atomic mass is 19.1. The fraction of sp³-hybridized carbons (Fsp3) is 0.136. The topological polar surface area (TPSA) is 92.9 Å². The largest absolute Gasteiger partial charge is 0.324 e. The second kappa shape index (κ2) is 8.70. The third-order valence-corrected chi connectivity index (χ3v) is 4.40. The van der Waals surface area contributed by atoms with E-state index in [1.165, 1.54) is 12.3 Å². The summed E-state index contributed by atoms with van der Waals surface area (Å²) in [6.07, 6.45) is 1.37. The van der Waals surface area contributed by atoms with Crippen molar-refractivity contribution in [3.05, 3.63) is 82.9 Å². The van der Waals surface area contributed by atoms with Crippen LogP contribution in [0.5, 0.6) is 0 Å². The molecular weight excluding hydrogens is 395 g/mol. The third-order valence-electron chi connectivity index (χ3n) is 4.40. The standard InChI is InChI=1S/C22H21FN8/c1-14-8-10-18(11-9-14)25-20-26-21(29-24-13-17-6-4-5-7-19(17)23)28-22(27-20)31-16(3)12-15(2)30-31/h4-13H,1-3H3,(H2,25,26,27,28,29)/b24-13-. The van der Waals surface area contributed by atoms with Crippen LogP contribution in [-0.2, 0) is 0 Å². The summed E-state index contributed by atoms with van der Waals surface area (Å²) in [6, 6.07) is 16.1. The molecule has 4 aromatic rings. The van der Waals surface area contributed by atoms with Crippen LogP contribution < -0.4 is 10.7 Å². The van der Waals surface area contributed by atoms with Crippen LogP contribution in [0.3, 0.4) is 0 Å². The van der Waals surface area contributed by atoms with Gasteiger partial charge < -0.3 is 5.32 Å². The zero-order valence-corrected chi connectivity index (χ0v) is 17.3. The summed E-state index contributed by atoms with van der Waals surface area (Å²) < 4.78 is 15.4. The molecule has 4 rings (SSSR count). The Morgan fingerprint density at radius 2 is 1.68 bits per heavy atom. The lowest BCUT2D eigenvalue weighted by Gasteiger charge is -2.09. The first kappa shape index (κ1) is 20.1. The summed E-state index contributed by atoms with van der Waals surface area (Å²) in [7, 11) is 0. The average Bonchev–Trinajstić information content (AvgIpc) is 3.09. The third kappa shape index (κ3) is 4.89. The van der Waals surface area contributed by atoms with E-state index < -0.39 is 0 Å². The number of nitrogens with one attached hydrogen (secondary N) is 2. The molecular formula is C22H21FN8. The Labute approximate surface area is 178 Å². The van der Waals surface area contributed by atoms with Gasteiger partial charge in [0.1, 0.15) is 5.82 Å². The minimum Gasteiger partial charge on any atom is -0.324 e. The van der Waals surface area contributed by atoms with E-state index in [4.69, 9.17) is 0 Å². The van der Waals surface area contributed by atoms with Crippen molar-refractivity contribution < 1.29 is 4.39 Å². The molecule has 0 atom stereocenters. The van der Waals surface area contributed by atoms with Crippen LogP contribution in [0, 0.1) is 26.6 Å². The van der Waals surface area contributed by atoms with E-state index in [-0.39, 0.29) is 11.8 Å². The van der Waals surface area contributed by atoms with Gasteiger partial charge >= 0.3 is 0 Å². The molecule has 0 radical (unpaired) electrons. The summed E-state index contributed by atoms with van der Waals surface area (Å²) >= 11 is 0. The SMILES string of the molecule is Cc1ccc(Nc2nc(N/N=C\c3ccccc3F)nc(-n3nc(C)cc3C)n2)cc1. The summed E-state index contributed by atoms with van der Waals surface area (Å²) in [5.41, 5.74) is 6.80. The number of benzene rings is 2. The molecule has 0 amide bonds. The second-order valence-electron chi connectivity index (χ2n) is 7.00. The number of hydrogen-bond acceptors (Lipinski definition) is 7. The van der Waals surface area contributed by atoms with Crippen molar-refractivity contribution in [1.82, 2.24) is 24.7 Å². The predicted octanol–water partition coefficient (Wildman–Crippen LogP) is 4.31. The molecule has 0 saturated heterocycles. The zero-order valence-electron chi connectivity index (χ0n) is 17.3. The highest BCUT2D eigenvalue weighted by molar-refractivity contribution is 5.80. The van der Waals surface area contributed by atoms with Crippen molar-refractivity contribution in [2.24, 2.45) is 5.10 Å². The van der Waals surface area contributed by atoms with E-state index in [2.05, 4.69) is 35.9 Å². The molecule has 2 N–H and O–H groups in total. The predicted molar refractivity (Wildman–Crippen MR) is 119 cm³/mol. The molecule has 0 unspecified atom stereocenters. The maximum absolute atomic E-state index is 13.8. The van der Waals surface area contributed by atoms with Crippen LogP contribution in [0.25, 0.3) is 5.95 Å². The van der Waals surface area contributed by atoms with E-state index >= 15 is 0 Å². The number of aromatic nitrogens is 5. The van der Waals surface area contributed by atoms with Gasteiger partial charge in [0.05, 0.1) is 11.9 Å². The first-order valence-corrected chi connectivity index (χ1v) is 9.65. The van der Waals surface area contributed by atoms with Crippen molar-refractivity contribution >= 4 is 23.8 Å². The Balaban J connectivity index is 1.66. The number of anilines is 3. The lowest BCUT2D eigenvalue weighted by atomic mass is 10.2. The Hall–Kier alpha value is -4.14. The van der Waals surface area contributed by atoms with Crippen LogP contribution >= 0.6 is 0 Å². The molecule has 31 heavy (non-hydrogen) atoms. The maximum atomic E-state index is 13.8. The van der Waals surface area contributed by atoms with Gasteiger partial charge in [-0.25, -0.2) is 14.5 Å². The molecule has 0 aliphatic heterocycles. The highest BCUT2D eigenvalue weighted by Gasteiger charge is 2.12. The molecule has 0 aliphatic carbocycles. The van der Waals surface area contributed by atoms with Gasteiger partial charge in [0.15, 0.2) is 0 Å². The monoisotopic (exact) mass is 416 g/mol. The summed E-state index contributed by atoms with van der Waals surface area (Å²) in [5, 5.41) is 11.7. The van der Waals surface area contributed by atoms with Gasteiger partial charge in [-0.2, -0.15) is 25.2 Å². The summed E-state index contributed by atoms with van der Waals surface area (Å²) in [4.78, 5) is 13.3. The van der Waals surface area contributed by atoms with E-state index in [1.54, 1.807) is 22.9 Å². The summed E-state index contributed by atoms with van der Waals surface area (Å²) in [5.74, 6) is 0.484. The first-order chi connectivity index (χ1) is 15.0. The summed E-state index contributed by atoms with van der Waals surface area (Å²) in [6.45, 7) is 5.83. The lowest BCUT2D eigenvalue weighted by Crippen LogP contribution is -2.11. The smallest absolute Gasteiger partial charge is 0.257 e. The van der Waals surface area contributed by atoms with Crippen LogP contribution in [0.15, 0.2) is 59.7 Å². The van der Waals surface area contributed by atoms with Crippen LogP contribution in [0.1, 0.15) is 22.5 Å². The number of hydrazone groups is 1. The molecule has 8 nitrogen and oxygen atoms in total. The molecule has 0 aliphatic rings. The quantitative estimate of drug-likeness (QED) is 0.359. The Morgan fingerprint density at radius 1 is 0.935 bits per heavy atom. The molecule has 2 heterocycles. The molecule has 9 heteroatoms. The average molecular weight is 416 g/mol. The van der Waals surface area contributed by atoms with Crippen molar-refractivity contribution in [1.29, 1.82) is 0 Å². The van der Waals surface area contributed by atoms with Crippen LogP contribution in [0.4, 0.5) is 22.0 Å². The number of halogens is 1. The highest BCUT2D eigenvalue weighted by Crippen LogP contribution is 2.17. The first-order valence-electron chi connectivity index (χ1n) is 9.65. The minimum atomic E-state index is -0.367. The van der Waals surface area contributed by atoms with Gasteiger partial charge in [-0.05, 0) is 45.0 Å². The van der Waals surface area contributed by atoms with Crippen molar-refractivity contribution in [3.8, 4) is 5.95 Å². The van der Waals surface area contributed by atoms with E-state index in [9.17, 15) is 4.39 Å². The van der Waals surface area contributed by atoms with Crippen molar-refractivity contribution in [2.45, 2.75) is 20.8 Å². The fourth-order valence-corrected chi connectivity index (χ4v) is 2.90. The normalized spacial score (nSPS) is 11.1. The number of nitrogens with zero attached hydrogens (tertiary/aromatic N) is 6. The van der Waals surface area contributed by atoms with Crippen molar-refractivity contribution in [3.63, 3.8) is 0 Å². The van der Waals surface area contributed by atoms with Gasteiger partial charge in [-0.15, -0.1) is 0 Å². The molecule has 156 valence electrons. The van der Waals surface area contributed by atoms with Gasteiger partial charge in [0.25, 0.3) is 5.95 Å². The molecule has 2 aromatic carbocycles. The molecule has 0 fully saturated rings. The maximum Gasteiger partial charge on any atom is 0.257 e. The molecule has 0 spiro atoms. The second-order valence-corrected chi connectivity index (χ2v) is 7.00. The van der Waals surface area contributed by atoms with Crippen molar-refractivity contribution in [2.75, 3.05) is 10.7 Å². The van der Waals surface area contributed by atoms with E-state index in [0.717, 1.165) is 22.6 Å². The van der Waals surface area contributed by atoms with Gasteiger partial charge in [0, 0.05) is 16.9 Å². The zero-order chi connectivity index (χ0) is 21.8. The number of hydrogen-bond donors (Lipinski definition) is 2. The van der Waals surface area contributed by atoms with Gasteiger partial charge in [0.2, 0.25) is 11.9 Å². The molecule has 2 aromatic heterocycles. The Morgan fingerprint density at radius 3 is 2.39 bits per heavy atom. The van der Waals surface area contributed by atoms with E-state index in [0.29, 0.717) is 17.5 Å². The minimum absolute atomic E-state index is 0.194. The Bertz CT molecular complexity index is 1230. The van der Waals surface area contributed by atoms with Crippen LogP contribution in [0.2, 0.25) is 0 Å². The number of rotatable bonds is 6. The van der Waals surface area contributed by atoms with Gasteiger partial charge in [-0.3, -0.25) is 0 Å². The number of aryl methyl sites for hydroxylation is 3.